The number of hydrogen-bond donors (Lipinski definition) is 0. The predicted molar refractivity (Wildman–Crippen MR) is 121 cm³/mol. The molecule has 0 atom stereocenters. The van der Waals surface area contributed by atoms with Gasteiger partial charge in [0, 0.05) is 24.2 Å². The van der Waals surface area contributed by atoms with Gasteiger partial charge in [-0.05, 0) is 57.5 Å². The van der Waals surface area contributed by atoms with Crippen molar-refractivity contribution >= 4 is 11.7 Å². The summed E-state index contributed by atoms with van der Waals surface area (Å²) in [7, 11) is 1.33. The molecule has 33 heavy (non-hydrogen) atoms. The minimum absolute atomic E-state index is 0.0871. The Morgan fingerprint density at radius 3 is 2.55 bits per heavy atom. The zero-order valence-corrected chi connectivity index (χ0v) is 19.2. The Balaban J connectivity index is 2.16. The van der Waals surface area contributed by atoms with E-state index >= 15 is 0 Å². The van der Waals surface area contributed by atoms with E-state index in [1.165, 1.54) is 13.2 Å². The number of pyridine rings is 1. The van der Waals surface area contributed by atoms with E-state index in [9.17, 15) is 18.0 Å². The van der Waals surface area contributed by atoms with Crippen LogP contribution in [0.25, 0.3) is 0 Å². The molecule has 0 bridgehead atoms. The number of allylic oxidation sites excluding steroid dienone is 3. The Morgan fingerprint density at radius 2 is 2.03 bits per heavy atom. The van der Waals surface area contributed by atoms with Crippen LogP contribution in [0, 0.1) is 5.92 Å². The molecule has 0 aliphatic carbocycles. The lowest BCUT2D eigenvalue weighted by molar-refractivity contribution is -0.141. The summed E-state index contributed by atoms with van der Waals surface area (Å²) < 4.78 is 49.1. The van der Waals surface area contributed by atoms with Crippen molar-refractivity contribution in [3.05, 3.63) is 60.3 Å². The Bertz CT molecular complexity index is 898. The summed E-state index contributed by atoms with van der Waals surface area (Å²) >= 11 is 0. The van der Waals surface area contributed by atoms with Gasteiger partial charge in [0.05, 0.1) is 19.0 Å². The average Bonchev–Trinajstić information content (AvgIpc) is 2.79. The van der Waals surface area contributed by atoms with Crippen molar-refractivity contribution in [2.75, 3.05) is 26.7 Å². The van der Waals surface area contributed by atoms with Crippen molar-refractivity contribution in [3.8, 4) is 5.75 Å². The number of carbonyl (C=O) groups excluding carboxylic acids is 1. The number of likely N-dealkylation sites (tertiary alicyclic amines) is 1. The molecule has 0 spiro atoms. The number of esters is 1. The van der Waals surface area contributed by atoms with Gasteiger partial charge in [0.2, 0.25) is 0 Å². The van der Waals surface area contributed by atoms with Gasteiger partial charge in [-0.15, -0.1) is 0 Å². The fourth-order valence-corrected chi connectivity index (χ4v) is 3.49. The van der Waals surface area contributed by atoms with E-state index in [-0.39, 0.29) is 11.7 Å². The third-order valence-electron chi connectivity index (χ3n) is 5.12. The lowest BCUT2D eigenvalue weighted by Crippen LogP contribution is -2.39. The first kappa shape index (κ1) is 26.3. The lowest BCUT2D eigenvalue weighted by atomic mass is 9.90. The average molecular weight is 466 g/mol. The van der Waals surface area contributed by atoms with Gasteiger partial charge < -0.3 is 9.47 Å². The second-order valence-corrected chi connectivity index (χ2v) is 7.60. The molecular weight excluding hydrogens is 435 g/mol. The highest BCUT2D eigenvalue weighted by Gasteiger charge is 2.32. The molecule has 2 rings (SSSR count). The molecule has 2 heterocycles. The summed E-state index contributed by atoms with van der Waals surface area (Å²) in [5.41, 5.74) is 0.171. The number of aliphatic imine (C=N–C) groups is 1. The molecule has 6 nitrogen and oxygen atoms in total. The molecule has 0 amide bonds. The molecule has 0 N–H and O–H groups in total. The number of piperidine rings is 1. The van der Waals surface area contributed by atoms with Crippen LogP contribution in [0.3, 0.4) is 0 Å². The minimum Gasteiger partial charge on any atom is -0.466 e. The van der Waals surface area contributed by atoms with Crippen LogP contribution in [0.15, 0.2) is 59.6 Å². The topological polar surface area (TPSA) is 64.0 Å². The van der Waals surface area contributed by atoms with Gasteiger partial charge in [-0.25, -0.2) is 9.78 Å². The smallest absolute Gasteiger partial charge is 0.433 e. The zero-order valence-electron chi connectivity index (χ0n) is 19.2. The Kier molecular flexibility index (Phi) is 9.84. The van der Waals surface area contributed by atoms with Crippen LogP contribution in [-0.2, 0) is 15.7 Å². The fourth-order valence-electron chi connectivity index (χ4n) is 3.49. The number of alkyl halides is 3. The summed E-state index contributed by atoms with van der Waals surface area (Å²) in [6.07, 6.45) is 4.13. The van der Waals surface area contributed by atoms with Crippen LogP contribution in [0.1, 0.15) is 38.8 Å². The van der Waals surface area contributed by atoms with E-state index in [4.69, 9.17) is 9.47 Å². The van der Waals surface area contributed by atoms with Gasteiger partial charge in [0.1, 0.15) is 17.2 Å². The van der Waals surface area contributed by atoms with Gasteiger partial charge in [-0.3, -0.25) is 9.89 Å². The second-order valence-electron chi connectivity index (χ2n) is 7.60. The lowest BCUT2D eigenvalue weighted by Gasteiger charge is -2.33. The number of rotatable bonds is 9. The summed E-state index contributed by atoms with van der Waals surface area (Å²) in [4.78, 5) is 21.8. The molecule has 0 aromatic carbocycles. The van der Waals surface area contributed by atoms with Crippen LogP contribution >= 0.6 is 0 Å². The van der Waals surface area contributed by atoms with Crippen LogP contribution in [0.4, 0.5) is 13.2 Å². The van der Waals surface area contributed by atoms with Gasteiger partial charge in [-0.2, -0.15) is 13.2 Å². The zero-order chi connectivity index (χ0) is 24.4. The van der Waals surface area contributed by atoms with Crippen molar-refractivity contribution in [2.24, 2.45) is 10.9 Å². The van der Waals surface area contributed by atoms with E-state index in [0.717, 1.165) is 43.9 Å². The number of halogens is 3. The van der Waals surface area contributed by atoms with Crippen molar-refractivity contribution in [1.29, 1.82) is 0 Å². The van der Waals surface area contributed by atoms with Crippen molar-refractivity contribution < 1.29 is 27.4 Å². The molecule has 1 aliphatic heterocycles. The number of aromatic nitrogens is 1. The maximum Gasteiger partial charge on any atom is 0.433 e. The van der Waals surface area contributed by atoms with Gasteiger partial charge in [-0.1, -0.05) is 19.6 Å². The second kappa shape index (κ2) is 12.3. The Labute approximate surface area is 192 Å². The summed E-state index contributed by atoms with van der Waals surface area (Å²) in [6.45, 7) is 9.48. The molecule has 0 radical (unpaired) electrons. The molecule has 1 saturated heterocycles. The number of nitrogens with zero attached hydrogens (tertiary/aromatic N) is 3. The fraction of sp³-hybridized carbons (Fsp3) is 0.458. The largest absolute Gasteiger partial charge is 0.466 e. The van der Waals surface area contributed by atoms with Gasteiger partial charge in [0.25, 0.3) is 0 Å². The van der Waals surface area contributed by atoms with E-state index in [1.807, 2.05) is 19.9 Å². The van der Waals surface area contributed by atoms with E-state index in [0.29, 0.717) is 24.3 Å². The van der Waals surface area contributed by atoms with Gasteiger partial charge >= 0.3 is 12.1 Å². The molecule has 180 valence electrons. The Morgan fingerprint density at radius 1 is 1.33 bits per heavy atom. The summed E-state index contributed by atoms with van der Waals surface area (Å²) in [5.74, 6) is 0.389. The van der Waals surface area contributed by atoms with Crippen LogP contribution in [0.5, 0.6) is 5.75 Å². The number of ether oxygens (including phenoxy) is 2. The highest BCUT2D eigenvalue weighted by atomic mass is 19.4. The van der Waals surface area contributed by atoms with Crippen LogP contribution in [-0.4, -0.2) is 48.3 Å². The SMILES string of the molecule is C=C(CN1CCC(C(=N/C=C\C)/C(=C/CC)Oc2ccc(C(F)(F)F)nc2)CC1)C(=O)OC. The minimum atomic E-state index is -4.51. The first-order chi connectivity index (χ1) is 15.7. The monoisotopic (exact) mass is 465 g/mol. The molecule has 1 fully saturated rings. The summed E-state index contributed by atoms with van der Waals surface area (Å²) in [5, 5.41) is 0. The van der Waals surface area contributed by atoms with E-state index in [2.05, 4.69) is 21.5 Å². The molecule has 1 aromatic rings. The number of hydrogen-bond acceptors (Lipinski definition) is 6. The molecule has 0 unspecified atom stereocenters. The maximum absolute atomic E-state index is 12.8. The van der Waals surface area contributed by atoms with Crippen molar-refractivity contribution in [3.63, 3.8) is 0 Å². The molecular formula is C24H30F3N3O3. The standard InChI is InChI=1S/C24H30F3N3O3/c1-5-7-20(33-19-8-9-21(29-15-19)24(25,26)27)22(28-12-6-2)18-10-13-30(14-11-18)16-17(3)23(31)32-4/h6-9,12,15,18H,3,5,10-11,13-14,16H2,1-2,4H3/b12-6-,20-7-,28-22-. The van der Waals surface area contributed by atoms with Crippen LogP contribution in [0.2, 0.25) is 0 Å². The highest BCUT2D eigenvalue weighted by Crippen LogP contribution is 2.29. The quantitative estimate of drug-likeness (QED) is 0.217. The first-order valence-corrected chi connectivity index (χ1v) is 10.8. The molecule has 1 aromatic heterocycles. The maximum atomic E-state index is 12.8. The molecule has 1 aliphatic rings. The number of methoxy groups -OCH3 is 1. The third-order valence-corrected chi connectivity index (χ3v) is 5.12. The van der Waals surface area contributed by atoms with Gasteiger partial charge in [0.15, 0.2) is 0 Å². The highest BCUT2D eigenvalue weighted by molar-refractivity contribution is 6.01. The third kappa shape index (κ3) is 7.85. The Hall–Kier alpha value is -2.94. The molecule has 0 saturated carbocycles. The van der Waals surface area contributed by atoms with E-state index in [1.54, 1.807) is 12.3 Å². The van der Waals surface area contributed by atoms with Crippen molar-refractivity contribution in [2.45, 2.75) is 39.3 Å². The number of carbonyl (C=O) groups is 1. The van der Waals surface area contributed by atoms with E-state index < -0.39 is 17.8 Å². The molecule has 9 heteroatoms. The van der Waals surface area contributed by atoms with Crippen LogP contribution < -0.4 is 4.74 Å². The van der Waals surface area contributed by atoms with Crippen molar-refractivity contribution in [1.82, 2.24) is 9.88 Å². The summed E-state index contributed by atoms with van der Waals surface area (Å²) in [6, 6.07) is 2.15. The first-order valence-electron chi connectivity index (χ1n) is 10.8. The normalized spacial score (nSPS) is 16.8. The predicted octanol–water partition coefficient (Wildman–Crippen LogP) is 5.19.